The number of hydrogen-bond donors (Lipinski definition) is 1. The fourth-order valence-electron chi connectivity index (χ4n) is 2.28. The minimum absolute atomic E-state index is 0.218. The van der Waals surface area contributed by atoms with Gasteiger partial charge in [-0.2, -0.15) is 0 Å². The summed E-state index contributed by atoms with van der Waals surface area (Å²) >= 11 is 9.38. The molecule has 0 aliphatic rings. The standard InChI is InChI=1S/C19H21BrClNO2/c1-11(2)15-7-5-12(3)9-18(15)24-13(4)19(23)22-14-6-8-16(20)17(21)10-14/h5-11,13H,1-4H3,(H,22,23). The van der Waals surface area contributed by atoms with Crippen molar-refractivity contribution < 1.29 is 9.53 Å². The molecule has 2 aromatic rings. The summed E-state index contributed by atoms with van der Waals surface area (Å²) in [5.74, 6) is 0.854. The monoisotopic (exact) mass is 409 g/mol. The Morgan fingerprint density at radius 2 is 1.88 bits per heavy atom. The smallest absolute Gasteiger partial charge is 0.265 e. The average molecular weight is 411 g/mol. The summed E-state index contributed by atoms with van der Waals surface area (Å²) in [4.78, 5) is 12.4. The van der Waals surface area contributed by atoms with Crippen LogP contribution in [0.15, 0.2) is 40.9 Å². The molecule has 5 heteroatoms. The molecule has 0 saturated carbocycles. The maximum atomic E-state index is 12.4. The number of benzene rings is 2. The highest BCUT2D eigenvalue weighted by molar-refractivity contribution is 9.10. The summed E-state index contributed by atoms with van der Waals surface area (Å²) in [7, 11) is 0. The van der Waals surface area contributed by atoms with Crippen molar-refractivity contribution in [3.8, 4) is 5.75 Å². The van der Waals surface area contributed by atoms with Crippen LogP contribution in [0.4, 0.5) is 5.69 Å². The summed E-state index contributed by atoms with van der Waals surface area (Å²) in [5, 5.41) is 3.37. The second-order valence-electron chi connectivity index (χ2n) is 6.07. The third-order valence-electron chi connectivity index (χ3n) is 3.65. The summed E-state index contributed by atoms with van der Waals surface area (Å²) in [5.41, 5.74) is 2.82. The number of nitrogens with one attached hydrogen (secondary N) is 1. The van der Waals surface area contributed by atoms with Gasteiger partial charge in [-0.15, -0.1) is 0 Å². The molecule has 128 valence electrons. The molecule has 2 rings (SSSR count). The molecule has 3 nitrogen and oxygen atoms in total. The van der Waals surface area contributed by atoms with Crippen molar-refractivity contribution >= 4 is 39.1 Å². The molecule has 1 N–H and O–H groups in total. The Morgan fingerprint density at radius 1 is 1.17 bits per heavy atom. The van der Waals surface area contributed by atoms with Crippen molar-refractivity contribution in [3.63, 3.8) is 0 Å². The van der Waals surface area contributed by atoms with E-state index in [1.165, 1.54) is 0 Å². The lowest BCUT2D eigenvalue weighted by atomic mass is 10.0. The van der Waals surface area contributed by atoms with E-state index in [4.69, 9.17) is 16.3 Å². The molecule has 0 aliphatic carbocycles. The summed E-state index contributed by atoms with van der Waals surface area (Å²) in [6, 6.07) is 11.3. The summed E-state index contributed by atoms with van der Waals surface area (Å²) < 4.78 is 6.71. The highest BCUT2D eigenvalue weighted by Crippen LogP contribution is 2.29. The Bertz CT molecular complexity index is 746. The topological polar surface area (TPSA) is 38.3 Å². The summed E-state index contributed by atoms with van der Waals surface area (Å²) in [6.45, 7) is 7.95. The van der Waals surface area contributed by atoms with Crippen molar-refractivity contribution in [2.75, 3.05) is 5.32 Å². The highest BCUT2D eigenvalue weighted by Gasteiger charge is 2.18. The second-order valence-corrected chi connectivity index (χ2v) is 7.34. The zero-order valence-electron chi connectivity index (χ0n) is 14.2. The van der Waals surface area contributed by atoms with Crippen molar-refractivity contribution in [1.82, 2.24) is 0 Å². The predicted octanol–water partition coefficient (Wildman–Crippen LogP) is 5.94. The molecule has 2 aromatic carbocycles. The Morgan fingerprint density at radius 3 is 2.50 bits per heavy atom. The maximum absolute atomic E-state index is 12.4. The van der Waals surface area contributed by atoms with Gasteiger partial charge < -0.3 is 10.1 Å². The Hall–Kier alpha value is -1.52. The van der Waals surface area contributed by atoms with Crippen LogP contribution >= 0.6 is 27.5 Å². The van der Waals surface area contributed by atoms with E-state index >= 15 is 0 Å². The van der Waals surface area contributed by atoms with E-state index in [0.717, 1.165) is 21.3 Å². The molecule has 1 amide bonds. The molecule has 0 heterocycles. The molecular weight excluding hydrogens is 390 g/mol. The Balaban J connectivity index is 2.11. The quantitative estimate of drug-likeness (QED) is 0.662. The van der Waals surface area contributed by atoms with Crippen molar-refractivity contribution in [3.05, 3.63) is 57.0 Å². The number of anilines is 1. The number of aryl methyl sites for hydroxylation is 1. The van der Waals surface area contributed by atoms with E-state index < -0.39 is 6.10 Å². The van der Waals surface area contributed by atoms with Crippen LogP contribution in [0.25, 0.3) is 0 Å². The molecule has 0 radical (unpaired) electrons. The SMILES string of the molecule is Cc1ccc(C(C)C)c(OC(C)C(=O)Nc2ccc(Br)c(Cl)c2)c1. The van der Waals surface area contributed by atoms with Crippen LogP contribution in [0, 0.1) is 6.92 Å². The van der Waals surface area contributed by atoms with Crippen molar-refractivity contribution in [2.45, 2.75) is 39.7 Å². The van der Waals surface area contributed by atoms with Gasteiger partial charge in [0.2, 0.25) is 0 Å². The zero-order chi connectivity index (χ0) is 17.9. The normalized spacial score (nSPS) is 12.1. The molecule has 0 spiro atoms. The first kappa shape index (κ1) is 18.8. The van der Waals surface area contributed by atoms with Crippen LogP contribution in [-0.2, 0) is 4.79 Å². The number of amides is 1. The van der Waals surface area contributed by atoms with Gasteiger partial charge in [-0.1, -0.05) is 37.6 Å². The van der Waals surface area contributed by atoms with Gasteiger partial charge >= 0.3 is 0 Å². The van der Waals surface area contributed by atoms with E-state index in [0.29, 0.717) is 16.6 Å². The fourth-order valence-corrected chi connectivity index (χ4v) is 2.71. The van der Waals surface area contributed by atoms with Gasteiger partial charge in [0.25, 0.3) is 5.91 Å². The molecule has 0 bridgehead atoms. The van der Waals surface area contributed by atoms with Gasteiger partial charge in [-0.25, -0.2) is 0 Å². The number of rotatable bonds is 5. The van der Waals surface area contributed by atoms with Gasteiger partial charge in [0, 0.05) is 10.2 Å². The van der Waals surface area contributed by atoms with Gasteiger partial charge in [0.1, 0.15) is 5.75 Å². The first-order valence-corrected chi connectivity index (χ1v) is 8.98. The highest BCUT2D eigenvalue weighted by atomic mass is 79.9. The zero-order valence-corrected chi connectivity index (χ0v) is 16.5. The Kier molecular flexibility index (Phi) is 6.30. The number of carbonyl (C=O) groups is 1. The molecule has 0 saturated heterocycles. The van der Waals surface area contributed by atoms with Gasteiger partial charge in [-0.3, -0.25) is 4.79 Å². The van der Waals surface area contributed by atoms with Crippen LogP contribution in [0.3, 0.4) is 0 Å². The lowest BCUT2D eigenvalue weighted by Crippen LogP contribution is -2.30. The first-order chi connectivity index (χ1) is 11.3. The maximum Gasteiger partial charge on any atom is 0.265 e. The van der Waals surface area contributed by atoms with Crippen LogP contribution in [0.5, 0.6) is 5.75 Å². The largest absolute Gasteiger partial charge is 0.481 e. The van der Waals surface area contributed by atoms with E-state index in [2.05, 4.69) is 47.2 Å². The Labute approximate surface area is 156 Å². The van der Waals surface area contributed by atoms with E-state index in [1.807, 2.05) is 13.0 Å². The molecule has 0 fully saturated rings. The molecule has 1 unspecified atom stereocenters. The molecular formula is C19H21BrClNO2. The van der Waals surface area contributed by atoms with Crippen LogP contribution in [0.2, 0.25) is 5.02 Å². The van der Waals surface area contributed by atoms with E-state index in [-0.39, 0.29) is 5.91 Å². The van der Waals surface area contributed by atoms with Crippen molar-refractivity contribution in [2.24, 2.45) is 0 Å². The predicted molar refractivity (Wildman–Crippen MR) is 103 cm³/mol. The number of carbonyl (C=O) groups excluding carboxylic acids is 1. The fraction of sp³-hybridized carbons (Fsp3) is 0.316. The molecule has 0 aromatic heterocycles. The summed E-state index contributed by atoms with van der Waals surface area (Å²) in [6.07, 6.45) is -0.619. The second kappa shape index (κ2) is 8.04. The first-order valence-electron chi connectivity index (χ1n) is 7.81. The third kappa shape index (κ3) is 4.74. The van der Waals surface area contributed by atoms with E-state index in [1.54, 1.807) is 25.1 Å². The number of ether oxygens (including phenoxy) is 1. The van der Waals surface area contributed by atoms with Crippen LogP contribution in [0.1, 0.15) is 37.8 Å². The third-order valence-corrected chi connectivity index (χ3v) is 4.88. The van der Waals surface area contributed by atoms with Gasteiger partial charge in [0.05, 0.1) is 5.02 Å². The van der Waals surface area contributed by atoms with Crippen LogP contribution < -0.4 is 10.1 Å². The van der Waals surface area contributed by atoms with Gasteiger partial charge in [-0.05, 0) is 71.1 Å². The van der Waals surface area contributed by atoms with Crippen molar-refractivity contribution in [1.29, 1.82) is 0 Å². The number of halogens is 2. The molecule has 1 atom stereocenters. The minimum atomic E-state index is -0.619. The minimum Gasteiger partial charge on any atom is -0.481 e. The van der Waals surface area contributed by atoms with Crippen LogP contribution in [-0.4, -0.2) is 12.0 Å². The number of hydrogen-bond acceptors (Lipinski definition) is 2. The average Bonchev–Trinajstić information content (AvgIpc) is 2.50. The lowest BCUT2D eigenvalue weighted by molar-refractivity contribution is -0.122. The lowest BCUT2D eigenvalue weighted by Gasteiger charge is -2.19. The van der Waals surface area contributed by atoms with Gasteiger partial charge in [0.15, 0.2) is 6.10 Å². The molecule has 0 aliphatic heterocycles. The van der Waals surface area contributed by atoms with E-state index in [9.17, 15) is 4.79 Å². The molecule has 24 heavy (non-hydrogen) atoms.